The number of pyridine rings is 1. The number of hydrogen-bond acceptors (Lipinski definition) is 5. The largest absolute Gasteiger partial charge is 0.744 e. The number of rotatable bonds is 4. The molecule has 7 nitrogen and oxygen atoms in total. The molecule has 0 saturated carbocycles. The molecule has 1 aromatic heterocycles. The first-order chi connectivity index (χ1) is 12.8. The van der Waals surface area contributed by atoms with Crippen molar-refractivity contribution < 1.29 is 22.5 Å². The molecule has 0 fully saturated rings. The van der Waals surface area contributed by atoms with Gasteiger partial charge < -0.3 is 4.55 Å². The Morgan fingerprint density at radius 1 is 0.926 bits per heavy atom. The molecule has 3 aromatic rings. The first-order valence-electron chi connectivity index (χ1n) is 7.96. The van der Waals surface area contributed by atoms with Crippen molar-refractivity contribution in [1.29, 1.82) is 0 Å². The lowest BCUT2D eigenvalue weighted by molar-refractivity contribution is -0.688. The second-order valence-electron chi connectivity index (χ2n) is 5.74. The van der Waals surface area contributed by atoms with Crippen LogP contribution in [0.25, 0.3) is 0 Å². The molecule has 0 spiro atoms. The zero-order chi connectivity index (χ0) is 19.9. The van der Waals surface area contributed by atoms with Crippen LogP contribution in [0.4, 0.5) is 5.69 Å². The lowest BCUT2D eigenvalue weighted by atomic mass is 10.2. The van der Waals surface area contributed by atoms with Crippen LogP contribution in [0.2, 0.25) is 0 Å². The lowest BCUT2D eigenvalue weighted by Crippen LogP contribution is -2.32. The van der Waals surface area contributed by atoms with Gasteiger partial charge in [-0.2, -0.15) is 0 Å². The highest BCUT2D eigenvalue weighted by Gasteiger charge is 2.06. The Hall–Kier alpha value is -3.10. The van der Waals surface area contributed by atoms with Gasteiger partial charge in [0.05, 0.1) is 9.82 Å². The van der Waals surface area contributed by atoms with E-state index in [1.165, 1.54) is 24.3 Å². The first-order valence-corrected chi connectivity index (χ1v) is 9.36. The molecule has 8 heteroatoms. The van der Waals surface area contributed by atoms with E-state index in [2.05, 4.69) is 0 Å². The van der Waals surface area contributed by atoms with Crippen LogP contribution in [0.1, 0.15) is 11.1 Å². The van der Waals surface area contributed by atoms with Crippen molar-refractivity contribution in [2.45, 2.75) is 18.4 Å². The molecule has 0 aliphatic heterocycles. The Morgan fingerprint density at radius 3 is 1.96 bits per heavy atom. The molecular weight excluding hydrogens is 368 g/mol. The summed E-state index contributed by atoms with van der Waals surface area (Å²) in [4.78, 5) is 9.90. The fourth-order valence-corrected chi connectivity index (χ4v) is 2.65. The third-order valence-corrected chi connectivity index (χ3v) is 4.45. The maximum Gasteiger partial charge on any atom is 0.269 e. The van der Waals surface area contributed by atoms with E-state index in [-0.39, 0.29) is 15.5 Å². The van der Waals surface area contributed by atoms with E-state index in [4.69, 9.17) is 0 Å². The molecule has 0 unspecified atom stereocenters. The molecule has 140 valence electrons. The molecule has 0 bridgehead atoms. The maximum atomic E-state index is 10.5. The SMILES string of the molecule is Cc1ccc(S(=O)(=O)[O-])cc1.O=[N+]([O-])c1ccc(C[n+]2ccccc2)cc1. The number of nitro groups is 1. The number of benzene rings is 2. The average Bonchev–Trinajstić information content (AvgIpc) is 2.63. The number of non-ortho nitro benzene ring substituents is 1. The maximum absolute atomic E-state index is 10.5. The molecule has 3 rings (SSSR count). The van der Waals surface area contributed by atoms with Gasteiger partial charge in [-0.3, -0.25) is 10.1 Å². The van der Waals surface area contributed by atoms with Gasteiger partial charge in [-0.1, -0.05) is 23.8 Å². The molecule has 0 radical (unpaired) electrons. The van der Waals surface area contributed by atoms with Gasteiger partial charge in [-0.25, -0.2) is 13.0 Å². The summed E-state index contributed by atoms with van der Waals surface area (Å²) in [6.45, 7) is 2.54. The first kappa shape index (κ1) is 20.2. The predicted octanol–water partition coefficient (Wildman–Crippen LogP) is 2.83. The third-order valence-electron chi connectivity index (χ3n) is 3.60. The van der Waals surface area contributed by atoms with Crippen LogP contribution in [0.15, 0.2) is 84.0 Å². The molecular formula is C19H18N2O5S. The molecule has 0 N–H and O–H groups in total. The molecule has 0 amide bonds. The highest BCUT2D eigenvalue weighted by atomic mass is 32.2. The van der Waals surface area contributed by atoms with E-state index in [1.54, 1.807) is 24.3 Å². The Kier molecular flexibility index (Phi) is 6.75. The van der Waals surface area contributed by atoms with Crippen LogP contribution in [0, 0.1) is 17.0 Å². The Bertz CT molecular complexity index is 987. The van der Waals surface area contributed by atoms with E-state index < -0.39 is 10.1 Å². The van der Waals surface area contributed by atoms with Crippen molar-refractivity contribution in [1.82, 2.24) is 0 Å². The quantitative estimate of drug-likeness (QED) is 0.297. The Balaban J connectivity index is 0.000000208. The second kappa shape index (κ2) is 9.02. The summed E-state index contributed by atoms with van der Waals surface area (Å²) >= 11 is 0. The summed E-state index contributed by atoms with van der Waals surface area (Å²) in [6.07, 6.45) is 3.92. The van der Waals surface area contributed by atoms with Gasteiger partial charge >= 0.3 is 0 Å². The summed E-state index contributed by atoms with van der Waals surface area (Å²) in [6, 6.07) is 18.2. The number of nitrogens with zero attached hydrogens (tertiary/aromatic N) is 2. The van der Waals surface area contributed by atoms with Crippen LogP contribution in [0.5, 0.6) is 0 Å². The van der Waals surface area contributed by atoms with Crippen LogP contribution in [-0.2, 0) is 16.7 Å². The minimum absolute atomic E-state index is 0.127. The van der Waals surface area contributed by atoms with E-state index in [9.17, 15) is 23.1 Å². The number of hydrogen-bond donors (Lipinski definition) is 0. The zero-order valence-electron chi connectivity index (χ0n) is 14.6. The molecule has 0 saturated heterocycles. The smallest absolute Gasteiger partial charge is 0.269 e. The Morgan fingerprint density at radius 2 is 1.48 bits per heavy atom. The van der Waals surface area contributed by atoms with Crippen LogP contribution in [0.3, 0.4) is 0 Å². The standard InChI is InChI=1S/C12H11N2O2.C7H8O3S/c15-14(16)12-6-4-11(5-7-12)10-13-8-2-1-3-9-13;1-6-2-4-7(5-3-6)11(8,9)10/h1-9H,10H2;2-5H,1H3,(H,8,9,10)/q+1;/p-1. The summed E-state index contributed by atoms with van der Waals surface area (Å²) < 4.78 is 33.2. The van der Waals surface area contributed by atoms with E-state index >= 15 is 0 Å². The minimum Gasteiger partial charge on any atom is -0.744 e. The number of aryl methyl sites for hydroxylation is 1. The predicted molar refractivity (Wildman–Crippen MR) is 98.0 cm³/mol. The van der Waals surface area contributed by atoms with Crippen molar-refractivity contribution in [3.8, 4) is 0 Å². The van der Waals surface area contributed by atoms with Crippen LogP contribution >= 0.6 is 0 Å². The highest BCUT2D eigenvalue weighted by molar-refractivity contribution is 7.85. The third kappa shape index (κ3) is 6.61. The number of aromatic nitrogens is 1. The summed E-state index contributed by atoms with van der Waals surface area (Å²) in [5, 5.41) is 10.5. The van der Waals surface area contributed by atoms with Crippen molar-refractivity contribution in [2.24, 2.45) is 0 Å². The molecule has 0 atom stereocenters. The van der Waals surface area contributed by atoms with Crippen molar-refractivity contribution in [3.63, 3.8) is 0 Å². The second-order valence-corrected chi connectivity index (χ2v) is 7.12. The summed E-state index contributed by atoms with van der Waals surface area (Å²) in [5.74, 6) is 0. The van der Waals surface area contributed by atoms with Gasteiger partial charge in [0.25, 0.3) is 5.69 Å². The molecule has 27 heavy (non-hydrogen) atoms. The van der Waals surface area contributed by atoms with Crippen molar-refractivity contribution in [2.75, 3.05) is 0 Å². The van der Waals surface area contributed by atoms with Gasteiger partial charge in [0.15, 0.2) is 18.9 Å². The number of nitro benzene ring substituents is 1. The van der Waals surface area contributed by atoms with Crippen molar-refractivity contribution in [3.05, 3.63) is 100 Å². The summed E-state index contributed by atoms with van der Waals surface area (Å²) in [7, 11) is -4.27. The van der Waals surface area contributed by atoms with Gasteiger partial charge in [0.2, 0.25) is 0 Å². The molecule has 1 heterocycles. The van der Waals surface area contributed by atoms with E-state index in [1.807, 2.05) is 42.1 Å². The van der Waals surface area contributed by atoms with Crippen LogP contribution < -0.4 is 4.57 Å². The van der Waals surface area contributed by atoms with Crippen LogP contribution in [-0.4, -0.2) is 17.9 Å². The lowest BCUT2D eigenvalue weighted by Gasteiger charge is -2.05. The zero-order valence-corrected chi connectivity index (χ0v) is 15.4. The fourth-order valence-electron chi connectivity index (χ4n) is 2.18. The van der Waals surface area contributed by atoms with Gasteiger partial charge in [0.1, 0.15) is 10.1 Å². The van der Waals surface area contributed by atoms with Gasteiger partial charge in [0, 0.05) is 29.8 Å². The highest BCUT2D eigenvalue weighted by Crippen LogP contribution is 2.11. The van der Waals surface area contributed by atoms with E-state index in [0.29, 0.717) is 0 Å². The van der Waals surface area contributed by atoms with Crippen molar-refractivity contribution >= 4 is 15.8 Å². The normalized spacial score (nSPS) is 10.6. The average molecular weight is 386 g/mol. The topological polar surface area (TPSA) is 104 Å². The molecule has 2 aromatic carbocycles. The summed E-state index contributed by atoms with van der Waals surface area (Å²) in [5.41, 5.74) is 2.10. The fraction of sp³-hybridized carbons (Fsp3) is 0.105. The molecule has 0 aliphatic carbocycles. The van der Waals surface area contributed by atoms with Gasteiger partial charge in [-0.15, -0.1) is 0 Å². The monoisotopic (exact) mass is 386 g/mol. The Labute approximate surface area is 157 Å². The molecule has 0 aliphatic rings. The van der Waals surface area contributed by atoms with E-state index in [0.717, 1.165) is 17.7 Å². The van der Waals surface area contributed by atoms with Gasteiger partial charge in [-0.05, 0) is 31.2 Å². The minimum atomic E-state index is -4.27.